The number of benzene rings is 9. The lowest BCUT2D eigenvalue weighted by Gasteiger charge is -2.33. The number of hydrogen-bond acceptors (Lipinski definition) is 15. The van der Waals surface area contributed by atoms with Gasteiger partial charge in [0.05, 0.1) is 63.8 Å². The van der Waals surface area contributed by atoms with E-state index in [2.05, 4.69) is 15.0 Å². The van der Waals surface area contributed by atoms with Crippen molar-refractivity contribution in [3.05, 3.63) is 350 Å². The molecule has 33 heteroatoms. The Hall–Kier alpha value is -11.9. The molecule has 2 unspecified atom stereocenters. The highest BCUT2D eigenvalue weighted by Gasteiger charge is 2.36. The molecule has 9 aromatic carbocycles. The van der Waals surface area contributed by atoms with Crippen LogP contribution in [-0.2, 0) is 121 Å². The summed E-state index contributed by atoms with van der Waals surface area (Å²) in [6.07, 6.45) is -21.7. The van der Waals surface area contributed by atoms with E-state index in [9.17, 15) is 86.9 Å². The Morgan fingerprint density at radius 1 is 0.424 bits per heavy atom. The number of carbonyl (C=O) groups excluding carboxylic acids is 3. The van der Waals surface area contributed by atoms with E-state index in [0.29, 0.717) is 41.9 Å². The number of aromatic nitrogens is 6. The molecule has 18 nitrogen and oxygen atoms in total. The van der Waals surface area contributed by atoms with Gasteiger partial charge in [-0.2, -0.15) is 54.5 Å². The summed E-state index contributed by atoms with van der Waals surface area (Å²) in [5, 5.41) is -2.80. The zero-order chi connectivity index (χ0) is 150. The van der Waals surface area contributed by atoms with Crippen LogP contribution in [0.1, 0.15) is 236 Å². The van der Waals surface area contributed by atoms with Gasteiger partial charge in [0.2, 0.25) is 17.7 Å². The average Bonchev–Trinajstić information content (AvgIpc) is 1.51. The zero-order valence-corrected chi connectivity index (χ0v) is 79.7. The van der Waals surface area contributed by atoms with E-state index in [1.807, 2.05) is 0 Å². The highest BCUT2D eigenvalue weighted by molar-refractivity contribution is 7.98. The number of likely N-dealkylation sites (N-methyl/N-ethyl adjacent to an activating group) is 3. The minimum Gasteiger partial charge on any atom is -0.336 e. The van der Waals surface area contributed by atoms with Gasteiger partial charge < -0.3 is 43.1 Å². The summed E-state index contributed by atoms with van der Waals surface area (Å²) < 4.78 is 627. The number of hydrogen-bond donors (Lipinski definition) is 0. The molecule has 15 rings (SSSR count). The Morgan fingerprint density at radius 3 is 1.22 bits per heavy atom. The quantitative estimate of drug-likeness (QED) is 0.0202. The maximum absolute atomic E-state index is 15.3. The number of carbonyl (C=O) groups is 3. The summed E-state index contributed by atoms with van der Waals surface area (Å²) in [5.74, 6) is -12.0. The molecule has 12 aromatic rings. The Bertz CT molecular complexity index is 9410. The van der Waals surface area contributed by atoms with Gasteiger partial charge in [0, 0.05) is 135 Å². The van der Waals surface area contributed by atoms with E-state index in [0.717, 1.165) is 114 Å². The van der Waals surface area contributed by atoms with Crippen molar-refractivity contribution >= 4 is 53.0 Å². The second kappa shape index (κ2) is 50.3. The molecule has 3 heterocycles. The molecule has 3 aliphatic carbocycles. The molecule has 3 amide bonds. The predicted molar refractivity (Wildman–Crippen MR) is 544 cm³/mol. The number of rotatable bonds is 39. The lowest BCUT2D eigenvalue weighted by Crippen LogP contribution is -2.42. The second-order valence-corrected chi connectivity index (χ2v) is 32.9. The van der Waals surface area contributed by atoms with E-state index in [1.165, 1.54) is 43.3 Å². The molecule has 2 atom stereocenters. The van der Waals surface area contributed by atoms with E-state index in [1.54, 1.807) is 0 Å². The topological polar surface area (TPSA) is 175 Å². The first-order valence-electron chi connectivity index (χ1n) is 69.6. The molecule has 144 heavy (non-hydrogen) atoms. The molecule has 0 spiro atoms. The second-order valence-electron chi connectivity index (χ2n) is 30.5. The summed E-state index contributed by atoms with van der Waals surface area (Å²) in [6.45, 7) is -31.9. The third-order valence-corrected chi connectivity index (χ3v) is 23.6. The van der Waals surface area contributed by atoms with Gasteiger partial charge in [0.1, 0.15) is 36.9 Å². The predicted octanol–water partition coefficient (Wildman–Crippen LogP) is 22.8. The van der Waals surface area contributed by atoms with E-state index in [4.69, 9.17) is 57.6 Å². The van der Waals surface area contributed by atoms with Gasteiger partial charge >= 0.3 is 18.5 Å². The van der Waals surface area contributed by atoms with Crippen molar-refractivity contribution in [1.29, 1.82) is 0 Å². The SMILES string of the molecule is [2H]c1c([2H])c(C(F)(F)F)c([2H])c([2H])c1-c1c([2H])c([2H])c(C([2H])([2H])N(CCN(C([2H])([2H])C)C([2H])([2H])C)C(=O)C([2H])([2H])n2c(SC([2H])([2H])c3ccc(F)cc3)nc(=O)c3c2C([2H])([2H])C([2H])(C)C3([2H])[2H])c([2H])c1[2H].[2H]c1c([2H])c(C([2H])([2H])N(CCN(C([2H])([2H])C)C([2H])([2H])C)C(=O)C([2H])([2H])n2c(SC([2H])([2H])c3ccc(F)cc3)nc(=O)c3c2CCC3)c([2H])c([2H])c1-c1c([2H])c([2H])c(C(F)(F)F)c(C)c1[2H].[2H]c1c([2H])c(C([2H])([2H])Sc2nc(=O)c3c(n2C([2H])([2H])C(=O)N(CCN(C([2H])([2H])C)C([2H])([2H])C)C([2H])(C)c2ccc(-c4ccc(C(F)(F)F)cc4)cc2)CCC3)c([2H])c([2H])c1F. The minimum atomic E-state index is -5.47. The molecule has 762 valence electrons. The standard InChI is InChI=1S/3C37H40F4N4O2S/c1-4-43(5-2)18-19-44(22-26-6-10-28(11-7-26)29-12-14-30(15-13-29)37(39,40)41)34(46)23-45-33-21-25(3)20-32(33)35(47)42-36(45)48-24-27-8-16-31(38)17-9-27;1-4-43(5-2)21-22-44(25(3)27-11-13-28(14-12-27)29-15-17-30(18-16-29)37(39,40)41)34(46)23-45-33-8-6-7-32(33)35(47)42-36(45)48-24-26-9-19-31(38)20-10-26;1-4-43(5-2)19-20-44(22-26-9-13-28(14-10-26)29-15-18-32(25(3)21-29)37(39,40)41)34(46)23-45-33-8-6-7-31(33)35(47)42-36(45)48-24-27-11-16-30(38)17-12-27/h6-17,25H,4-5,18-24H2,1-3H3;9-20,25H,4-8,21-24H2,1-3H3;9-18,21H,4-8,19-20,22-24H2,1-3H3/i4D2,5D2,6D,7D,10D,11D,12D,13D,14D,15D,20D2,21D2,22D2,23D2,24D2,25D;4D2,5D2,9D,10D,19D,20D,23D2,24D2,25D;4D2,5D2,9D,10D,13D,14D,15D,18D,21D,22D2,23D2,24D2. The van der Waals surface area contributed by atoms with E-state index < -0.39 is 431 Å². The minimum absolute atomic E-state index is 0.00353. The van der Waals surface area contributed by atoms with Crippen molar-refractivity contribution in [2.75, 3.05) is 78.2 Å². The van der Waals surface area contributed by atoms with Gasteiger partial charge in [0.25, 0.3) is 16.7 Å². The number of alkyl halides is 9. The van der Waals surface area contributed by atoms with Crippen LogP contribution in [-0.4, -0.2) is 154 Å². The molecule has 0 aliphatic heterocycles. The fraction of sp³-hybridized carbons (Fsp3) is 0.378. The van der Waals surface area contributed by atoms with Crippen LogP contribution in [0.15, 0.2) is 242 Å². The Kier molecular flexibility index (Phi) is 20.4. The first-order valence-corrected chi connectivity index (χ1v) is 45.6. The average molecular weight is 2100 g/mol. The molecule has 0 saturated carbocycles. The lowest BCUT2D eigenvalue weighted by molar-refractivity contribution is -0.138. The van der Waals surface area contributed by atoms with Crippen molar-refractivity contribution in [2.45, 2.75) is 203 Å². The highest BCUT2D eigenvalue weighted by Crippen LogP contribution is 2.39. The summed E-state index contributed by atoms with van der Waals surface area (Å²) in [7, 11) is 0. The van der Waals surface area contributed by atoms with Gasteiger partial charge in [0.15, 0.2) is 15.5 Å². The summed E-state index contributed by atoms with van der Waals surface area (Å²) in [5.41, 5.74) is -28.5. The van der Waals surface area contributed by atoms with Crippen LogP contribution in [0.5, 0.6) is 0 Å². The third-order valence-electron chi connectivity index (χ3n) is 21.2. The highest BCUT2D eigenvalue weighted by atomic mass is 32.2. The third kappa shape index (κ3) is 29.1. The molecule has 3 aliphatic rings. The normalized spacial score (nSPS) is 21.7. The molecule has 3 aromatic heterocycles. The lowest BCUT2D eigenvalue weighted by atomic mass is 9.98. The molecule has 0 fully saturated rings. The monoisotopic (exact) mass is 2090 g/mol. The Labute approximate surface area is 919 Å². The van der Waals surface area contributed by atoms with Crippen molar-refractivity contribution in [3.63, 3.8) is 0 Å². The van der Waals surface area contributed by atoms with Gasteiger partial charge in [-0.25, -0.2) is 13.2 Å². The number of nitrogens with zero attached hydrogens (tertiary/aromatic N) is 12. The Morgan fingerprint density at radius 2 is 0.799 bits per heavy atom. The summed E-state index contributed by atoms with van der Waals surface area (Å²) in [6, 6.07) is -10.9. The number of halogens is 12. The van der Waals surface area contributed by atoms with Gasteiger partial charge in [-0.3, -0.25) is 28.8 Å². The van der Waals surface area contributed by atoms with Gasteiger partial charge in [-0.15, -0.1) is 0 Å². The maximum Gasteiger partial charge on any atom is 0.416 e. The molecule has 0 saturated heterocycles. The van der Waals surface area contributed by atoms with Crippen molar-refractivity contribution in [3.8, 4) is 33.4 Å². The van der Waals surface area contributed by atoms with Crippen LogP contribution < -0.4 is 16.7 Å². The van der Waals surface area contributed by atoms with Gasteiger partial charge in [-0.1, -0.05) is 229 Å². The van der Waals surface area contributed by atoms with E-state index >= 15 is 9.59 Å². The molecule has 0 radical (unpaired) electrons. The number of fused-ring (bicyclic) bond motifs is 3. The van der Waals surface area contributed by atoms with Crippen molar-refractivity contribution in [2.24, 2.45) is 5.89 Å². The van der Waals surface area contributed by atoms with Crippen LogP contribution in [0.25, 0.3) is 33.4 Å². The maximum atomic E-state index is 15.3. The van der Waals surface area contributed by atoms with Crippen LogP contribution in [0.2, 0.25) is 0 Å². The fourth-order valence-electron chi connectivity index (χ4n) is 14.0. The molecular weight excluding hydrogens is 1920 g/mol. The molecule has 0 N–H and O–H groups in total. The van der Waals surface area contributed by atoms with Crippen molar-refractivity contribution in [1.82, 2.24) is 58.1 Å². The Balaban J connectivity index is 0.000000238. The van der Waals surface area contributed by atoms with Crippen molar-refractivity contribution < 1.29 is 140 Å². The van der Waals surface area contributed by atoms with Crippen LogP contribution in [0.3, 0.4) is 0 Å². The smallest absolute Gasteiger partial charge is 0.336 e. The molecular formula is C111H120F12N12O6S3. The van der Waals surface area contributed by atoms with Crippen LogP contribution in [0, 0.1) is 30.3 Å². The largest absolute Gasteiger partial charge is 0.416 e. The number of thioether (sulfide) groups is 3. The zero-order valence-electron chi connectivity index (χ0n) is 130. The van der Waals surface area contributed by atoms with Crippen LogP contribution >= 0.6 is 35.3 Å². The summed E-state index contributed by atoms with van der Waals surface area (Å²) in [4.78, 5) is 99.2. The molecule has 0 bridgehead atoms. The first kappa shape index (κ1) is 58.5. The van der Waals surface area contributed by atoms with Gasteiger partial charge in [-0.05, 0) is 249 Å². The first-order chi connectivity index (χ1) is 89.1. The number of amides is 3. The summed E-state index contributed by atoms with van der Waals surface area (Å²) >= 11 is -0.0980. The van der Waals surface area contributed by atoms with E-state index in [-0.39, 0.29) is 122 Å². The van der Waals surface area contributed by atoms with Crippen LogP contribution in [0.4, 0.5) is 52.7 Å². The fourth-order valence-corrected chi connectivity index (χ4v) is 16.1.